The Morgan fingerprint density at radius 3 is 2.71 bits per heavy atom. The maximum atomic E-state index is 12.6. The lowest BCUT2D eigenvalue weighted by molar-refractivity contribution is 0.0626. The summed E-state index contributed by atoms with van der Waals surface area (Å²) >= 11 is -1.42. The molecule has 1 amide bonds. The van der Waals surface area contributed by atoms with E-state index < -0.39 is 27.8 Å². The number of pyridine rings is 1. The fourth-order valence-electron chi connectivity index (χ4n) is 2.91. The van der Waals surface area contributed by atoms with Gasteiger partial charge in [-0.05, 0) is 26.8 Å². The number of likely N-dealkylation sites (tertiary alicyclic amines) is 1. The molecule has 1 fully saturated rings. The van der Waals surface area contributed by atoms with Gasteiger partial charge in [-0.2, -0.15) is 0 Å². The summed E-state index contributed by atoms with van der Waals surface area (Å²) in [6.07, 6.45) is 3.31. The van der Waals surface area contributed by atoms with E-state index in [1.165, 1.54) is 4.90 Å². The quantitative estimate of drug-likeness (QED) is 0.783. The van der Waals surface area contributed by atoms with Crippen molar-refractivity contribution in [2.45, 2.75) is 44.0 Å². The van der Waals surface area contributed by atoms with E-state index >= 15 is 0 Å². The molecule has 3 rings (SSSR count). The van der Waals surface area contributed by atoms with Gasteiger partial charge in [-0.1, -0.05) is 4.40 Å². The van der Waals surface area contributed by atoms with E-state index in [1.807, 2.05) is 26.8 Å². The number of rotatable bonds is 1. The average Bonchev–Trinajstić information content (AvgIpc) is 2.80. The van der Waals surface area contributed by atoms with Crippen molar-refractivity contribution < 1.29 is 19.2 Å². The van der Waals surface area contributed by atoms with Crippen LogP contribution in [0.4, 0.5) is 4.79 Å². The Morgan fingerprint density at radius 2 is 2.12 bits per heavy atom. The molecule has 0 bridgehead atoms. The number of fused-ring (bicyclic) bond motifs is 1. The number of piperidine rings is 1. The van der Waals surface area contributed by atoms with Gasteiger partial charge in [0.1, 0.15) is 27.6 Å². The van der Waals surface area contributed by atoms with Gasteiger partial charge in [0.05, 0.1) is 6.20 Å². The van der Waals surface area contributed by atoms with Crippen LogP contribution in [0.5, 0.6) is 5.75 Å². The molecule has 3 heterocycles. The molecule has 130 valence electrons. The summed E-state index contributed by atoms with van der Waals surface area (Å²) in [7, 11) is 0. The minimum atomic E-state index is -1.42. The predicted octanol–water partition coefficient (Wildman–Crippen LogP) is 2.24. The Hall–Kier alpha value is -1.80. The van der Waals surface area contributed by atoms with Crippen LogP contribution in [0.15, 0.2) is 22.9 Å². The number of carboxylic acid groups (broad SMARTS) is 1. The molecule has 0 radical (unpaired) electrons. The largest absolute Gasteiger partial charge is 0.591 e. The average molecular weight is 351 g/mol. The number of hydrogen-bond donors (Lipinski definition) is 1. The van der Waals surface area contributed by atoms with Crippen molar-refractivity contribution in [1.82, 2.24) is 9.88 Å². The van der Waals surface area contributed by atoms with Crippen LogP contribution in [0.25, 0.3) is 0 Å². The standard InChI is InChI=1S/C16H21N3O4S/c1-15(2,3)24(22)18-13-11-4-7-17-10-12(11)23-16(13)5-8-19(9-6-16)14(20)21/h4,7,10H,5-6,8-9H2,1-3H3,(H,20,21). The van der Waals surface area contributed by atoms with E-state index in [0.29, 0.717) is 37.4 Å². The van der Waals surface area contributed by atoms with Crippen molar-refractivity contribution in [2.24, 2.45) is 4.40 Å². The lowest BCUT2D eigenvalue weighted by Gasteiger charge is -2.37. The van der Waals surface area contributed by atoms with Crippen LogP contribution in [-0.4, -0.2) is 54.8 Å². The fraction of sp³-hybridized carbons (Fsp3) is 0.562. The Bertz CT molecular complexity index is 678. The van der Waals surface area contributed by atoms with Gasteiger partial charge in [0.2, 0.25) is 0 Å². The highest BCUT2D eigenvalue weighted by atomic mass is 32.2. The van der Waals surface area contributed by atoms with Crippen LogP contribution in [-0.2, 0) is 11.4 Å². The molecule has 1 unspecified atom stereocenters. The van der Waals surface area contributed by atoms with E-state index in [4.69, 9.17) is 9.84 Å². The third kappa shape index (κ3) is 2.95. The number of hydrogen-bond acceptors (Lipinski definition) is 5. The van der Waals surface area contributed by atoms with Crippen molar-refractivity contribution in [3.05, 3.63) is 24.0 Å². The van der Waals surface area contributed by atoms with Crippen LogP contribution < -0.4 is 4.74 Å². The van der Waals surface area contributed by atoms with Crippen LogP contribution in [0.3, 0.4) is 0 Å². The van der Waals surface area contributed by atoms with Gasteiger partial charge in [0.25, 0.3) is 0 Å². The number of aromatic nitrogens is 1. The van der Waals surface area contributed by atoms with Gasteiger partial charge in [0.15, 0.2) is 5.60 Å². The summed E-state index contributed by atoms with van der Waals surface area (Å²) in [4.78, 5) is 16.6. The number of nitrogens with zero attached hydrogens (tertiary/aromatic N) is 3. The molecule has 1 spiro atoms. The SMILES string of the molecule is CC(C)(C)[S+]([O-])N=C1c2ccncc2OC12CCN(C(=O)O)CC2. The highest BCUT2D eigenvalue weighted by Gasteiger charge is 2.50. The second kappa shape index (κ2) is 5.93. The maximum Gasteiger partial charge on any atom is 0.407 e. The van der Waals surface area contributed by atoms with Gasteiger partial charge < -0.3 is 19.3 Å². The molecule has 7 nitrogen and oxygen atoms in total. The topological polar surface area (TPSA) is 98.1 Å². The van der Waals surface area contributed by atoms with E-state index in [-0.39, 0.29) is 0 Å². The Kier molecular flexibility index (Phi) is 4.21. The van der Waals surface area contributed by atoms with Gasteiger partial charge in [0, 0.05) is 37.7 Å². The zero-order valence-electron chi connectivity index (χ0n) is 14.0. The van der Waals surface area contributed by atoms with Crippen LogP contribution in [0.1, 0.15) is 39.2 Å². The first-order chi connectivity index (χ1) is 11.2. The molecule has 8 heteroatoms. The Balaban J connectivity index is 1.98. The predicted molar refractivity (Wildman–Crippen MR) is 90.9 cm³/mol. The highest BCUT2D eigenvalue weighted by molar-refractivity contribution is 7.91. The molecule has 1 N–H and O–H groups in total. The summed E-state index contributed by atoms with van der Waals surface area (Å²) < 4.78 is 22.7. The normalized spacial score (nSPS) is 22.3. The first kappa shape index (κ1) is 17.0. The second-order valence-electron chi connectivity index (χ2n) is 7.04. The van der Waals surface area contributed by atoms with E-state index in [2.05, 4.69) is 9.38 Å². The van der Waals surface area contributed by atoms with E-state index in [1.54, 1.807) is 12.4 Å². The first-order valence-electron chi connectivity index (χ1n) is 7.85. The van der Waals surface area contributed by atoms with Gasteiger partial charge in [-0.3, -0.25) is 4.98 Å². The van der Waals surface area contributed by atoms with Crippen LogP contribution in [0.2, 0.25) is 0 Å². The summed E-state index contributed by atoms with van der Waals surface area (Å²) in [6.45, 7) is 6.33. The zero-order chi connectivity index (χ0) is 17.5. The summed E-state index contributed by atoms with van der Waals surface area (Å²) in [5.41, 5.74) is 0.725. The second-order valence-corrected chi connectivity index (χ2v) is 8.94. The molecule has 1 saturated heterocycles. The molecule has 0 aromatic carbocycles. The zero-order valence-corrected chi connectivity index (χ0v) is 14.8. The fourth-order valence-corrected chi connectivity index (χ4v) is 3.62. The monoisotopic (exact) mass is 351 g/mol. The Morgan fingerprint density at radius 1 is 1.46 bits per heavy atom. The first-order valence-corrected chi connectivity index (χ1v) is 8.96. The third-order valence-corrected chi connectivity index (χ3v) is 5.71. The van der Waals surface area contributed by atoms with E-state index in [0.717, 1.165) is 5.56 Å². The maximum absolute atomic E-state index is 12.6. The molecule has 0 saturated carbocycles. The Labute approximate surface area is 144 Å². The number of ether oxygens (including phenoxy) is 1. The minimum absolute atomic E-state index is 0.359. The number of carbonyl (C=O) groups is 1. The van der Waals surface area contributed by atoms with Gasteiger partial charge in [-0.15, -0.1) is 0 Å². The van der Waals surface area contributed by atoms with Crippen molar-refractivity contribution in [3.63, 3.8) is 0 Å². The highest BCUT2D eigenvalue weighted by Crippen LogP contribution is 2.42. The molecule has 1 aromatic heterocycles. The summed E-state index contributed by atoms with van der Waals surface area (Å²) in [5.74, 6) is 0.617. The molecule has 2 aliphatic rings. The van der Waals surface area contributed by atoms with Gasteiger partial charge >= 0.3 is 6.09 Å². The lowest BCUT2D eigenvalue weighted by atomic mass is 9.85. The molecular formula is C16H21N3O4S. The smallest absolute Gasteiger partial charge is 0.407 e. The summed E-state index contributed by atoms with van der Waals surface area (Å²) in [5, 5.41) is 9.16. The third-order valence-electron chi connectivity index (χ3n) is 4.32. The number of amides is 1. The van der Waals surface area contributed by atoms with Crippen LogP contribution in [0, 0.1) is 0 Å². The van der Waals surface area contributed by atoms with Crippen molar-refractivity contribution in [3.8, 4) is 5.75 Å². The molecule has 1 aromatic rings. The molecule has 0 aliphatic carbocycles. The van der Waals surface area contributed by atoms with Gasteiger partial charge in [-0.25, -0.2) is 4.79 Å². The van der Waals surface area contributed by atoms with E-state index in [9.17, 15) is 9.35 Å². The summed E-state index contributed by atoms with van der Waals surface area (Å²) in [6, 6.07) is 1.81. The lowest BCUT2D eigenvalue weighted by Crippen LogP contribution is -2.52. The van der Waals surface area contributed by atoms with Crippen molar-refractivity contribution >= 4 is 23.2 Å². The van der Waals surface area contributed by atoms with Crippen molar-refractivity contribution in [1.29, 1.82) is 0 Å². The minimum Gasteiger partial charge on any atom is -0.591 e. The molecule has 24 heavy (non-hydrogen) atoms. The molecule has 2 aliphatic heterocycles. The molecule has 1 atom stereocenters. The van der Waals surface area contributed by atoms with Crippen molar-refractivity contribution in [2.75, 3.05) is 13.1 Å². The van der Waals surface area contributed by atoms with Crippen LogP contribution >= 0.6 is 0 Å². The molecular weight excluding hydrogens is 330 g/mol.